The van der Waals surface area contributed by atoms with Crippen LogP contribution in [0, 0.1) is 0 Å². The minimum Gasteiger partial charge on any atom is -0.381 e. The highest BCUT2D eigenvalue weighted by Crippen LogP contribution is 2.25. The van der Waals surface area contributed by atoms with Gasteiger partial charge in [-0.2, -0.15) is 0 Å². The summed E-state index contributed by atoms with van der Waals surface area (Å²) in [5, 5.41) is 0. The van der Waals surface area contributed by atoms with E-state index in [9.17, 15) is 0 Å². The lowest BCUT2D eigenvalue weighted by Crippen LogP contribution is -2.37. The summed E-state index contributed by atoms with van der Waals surface area (Å²) in [6, 6.07) is 0. The molecule has 1 atom stereocenters. The SMILES string of the molecule is CC.COC1CCOC(C)(C)C1. The lowest BCUT2D eigenvalue weighted by Gasteiger charge is -2.34. The third-order valence-corrected chi connectivity index (χ3v) is 1.99. The van der Waals surface area contributed by atoms with Crippen LogP contribution < -0.4 is 0 Å². The summed E-state index contributed by atoms with van der Waals surface area (Å²) in [5.41, 5.74) is 0.0267. The molecule has 1 heterocycles. The molecule has 0 saturated carbocycles. The van der Waals surface area contributed by atoms with Crippen molar-refractivity contribution >= 4 is 0 Å². The molecule has 2 heteroatoms. The summed E-state index contributed by atoms with van der Waals surface area (Å²) in [7, 11) is 1.77. The Labute approximate surface area is 76.3 Å². The molecular weight excluding hydrogens is 152 g/mol. The third-order valence-electron chi connectivity index (χ3n) is 1.99. The van der Waals surface area contributed by atoms with Crippen LogP contribution in [0.1, 0.15) is 40.5 Å². The van der Waals surface area contributed by atoms with E-state index in [2.05, 4.69) is 13.8 Å². The van der Waals surface area contributed by atoms with E-state index in [0.717, 1.165) is 19.4 Å². The molecule has 1 fully saturated rings. The number of hydrogen-bond donors (Lipinski definition) is 0. The van der Waals surface area contributed by atoms with Gasteiger partial charge in [0, 0.05) is 20.1 Å². The fourth-order valence-corrected chi connectivity index (χ4v) is 1.38. The summed E-state index contributed by atoms with van der Waals surface area (Å²) >= 11 is 0. The van der Waals surface area contributed by atoms with Gasteiger partial charge in [-0.1, -0.05) is 13.8 Å². The van der Waals surface area contributed by atoms with Crippen LogP contribution >= 0.6 is 0 Å². The lowest BCUT2D eigenvalue weighted by molar-refractivity contribution is -0.106. The van der Waals surface area contributed by atoms with Crippen LogP contribution in [0.15, 0.2) is 0 Å². The molecule has 0 spiro atoms. The Bertz CT molecular complexity index is 110. The van der Waals surface area contributed by atoms with Crippen molar-refractivity contribution in [1.82, 2.24) is 0 Å². The van der Waals surface area contributed by atoms with Crippen LogP contribution in [0.2, 0.25) is 0 Å². The highest BCUT2D eigenvalue weighted by molar-refractivity contribution is 4.78. The molecular formula is C10H22O2. The Morgan fingerprint density at radius 2 is 1.92 bits per heavy atom. The molecule has 0 aromatic carbocycles. The van der Waals surface area contributed by atoms with Crippen molar-refractivity contribution in [1.29, 1.82) is 0 Å². The van der Waals surface area contributed by atoms with Crippen LogP contribution in [-0.2, 0) is 9.47 Å². The Balaban J connectivity index is 0.000000561. The maximum Gasteiger partial charge on any atom is 0.0651 e. The molecule has 0 N–H and O–H groups in total. The number of ether oxygens (including phenoxy) is 2. The maximum atomic E-state index is 5.52. The summed E-state index contributed by atoms with van der Waals surface area (Å²) < 4.78 is 10.8. The fourth-order valence-electron chi connectivity index (χ4n) is 1.38. The van der Waals surface area contributed by atoms with Crippen LogP contribution in [-0.4, -0.2) is 25.4 Å². The molecule has 0 aliphatic carbocycles. The zero-order valence-electron chi connectivity index (χ0n) is 9.02. The van der Waals surface area contributed by atoms with Crippen LogP contribution in [0.25, 0.3) is 0 Å². The maximum absolute atomic E-state index is 5.52. The molecule has 12 heavy (non-hydrogen) atoms. The Morgan fingerprint density at radius 3 is 2.25 bits per heavy atom. The van der Waals surface area contributed by atoms with Gasteiger partial charge in [0.15, 0.2) is 0 Å². The first kappa shape index (κ1) is 11.9. The first-order valence-corrected chi connectivity index (χ1v) is 4.81. The van der Waals surface area contributed by atoms with Crippen LogP contribution in [0.4, 0.5) is 0 Å². The van der Waals surface area contributed by atoms with Crippen molar-refractivity contribution in [2.45, 2.75) is 52.2 Å². The van der Waals surface area contributed by atoms with Gasteiger partial charge in [-0.05, 0) is 20.3 Å². The van der Waals surface area contributed by atoms with Gasteiger partial charge >= 0.3 is 0 Å². The van der Waals surface area contributed by atoms with Crippen molar-refractivity contribution in [2.24, 2.45) is 0 Å². The zero-order valence-corrected chi connectivity index (χ0v) is 9.02. The molecule has 0 radical (unpaired) electrons. The van der Waals surface area contributed by atoms with E-state index in [1.165, 1.54) is 0 Å². The molecule has 1 saturated heterocycles. The van der Waals surface area contributed by atoms with Crippen LogP contribution in [0.3, 0.4) is 0 Å². The van der Waals surface area contributed by atoms with E-state index < -0.39 is 0 Å². The topological polar surface area (TPSA) is 18.5 Å². The van der Waals surface area contributed by atoms with Crippen molar-refractivity contribution in [3.05, 3.63) is 0 Å². The minimum absolute atomic E-state index is 0.0267. The lowest BCUT2D eigenvalue weighted by atomic mass is 9.96. The van der Waals surface area contributed by atoms with Gasteiger partial charge < -0.3 is 9.47 Å². The van der Waals surface area contributed by atoms with E-state index in [1.54, 1.807) is 7.11 Å². The van der Waals surface area contributed by atoms with Crippen molar-refractivity contribution in [3.8, 4) is 0 Å². The average molecular weight is 174 g/mol. The van der Waals surface area contributed by atoms with Gasteiger partial charge in [-0.15, -0.1) is 0 Å². The quantitative estimate of drug-likeness (QED) is 0.608. The van der Waals surface area contributed by atoms with E-state index in [1.807, 2.05) is 13.8 Å². The highest BCUT2D eigenvalue weighted by Gasteiger charge is 2.28. The second-order valence-electron chi connectivity index (χ2n) is 3.46. The first-order valence-electron chi connectivity index (χ1n) is 4.81. The van der Waals surface area contributed by atoms with Crippen molar-refractivity contribution in [3.63, 3.8) is 0 Å². The van der Waals surface area contributed by atoms with Gasteiger partial charge in [-0.25, -0.2) is 0 Å². The molecule has 2 nitrogen and oxygen atoms in total. The van der Waals surface area contributed by atoms with E-state index in [-0.39, 0.29) is 5.60 Å². The molecule has 0 amide bonds. The standard InChI is InChI=1S/C8H16O2.C2H6/c1-8(2)6-7(9-3)4-5-10-8;1-2/h7H,4-6H2,1-3H3;1-2H3. The van der Waals surface area contributed by atoms with Gasteiger partial charge in [0.25, 0.3) is 0 Å². The normalized spacial score (nSPS) is 27.2. The van der Waals surface area contributed by atoms with Gasteiger partial charge in [-0.3, -0.25) is 0 Å². The molecule has 74 valence electrons. The molecule has 1 rings (SSSR count). The smallest absolute Gasteiger partial charge is 0.0651 e. The Kier molecular flexibility index (Phi) is 5.51. The molecule has 1 aliphatic heterocycles. The van der Waals surface area contributed by atoms with Gasteiger partial charge in [0.2, 0.25) is 0 Å². The molecule has 1 unspecified atom stereocenters. The molecule has 0 aromatic heterocycles. The van der Waals surface area contributed by atoms with Gasteiger partial charge in [0.1, 0.15) is 0 Å². The Hall–Kier alpha value is -0.0800. The third kappa shape index (κ3) is 4.07. The fraction of sp³-hybridized carbons (Fsp3) is 1.00. The number of hydrogen-bond acceptors (Lipinski definition) is 2. The number of rotatable bonds is 1. The minimum atomic E-state index is 0.0267. The monoisotopic (exact) mass is 174 g/mol. The molecule has 0 aromatic rings. The second-order valence-corrected chi connectivity index (χ2v) is 3.46. The van der Waals surface area contributed by atoms with E-state index >= 15 is 0 Å². The average Bonchev–Trinajstić information content (AvgIpc) is 2.06. The summed E-state index contributed by atoms with van der Waals surface area (Å²) in [4.78, 5) is 0. The highest BCUT2D eigenvalue weighted by atomic mass is 16.5. The summed E-state index contributed by atoms with van der Waals surface area (Å²) in [6.07, 6.45) is 2.47. The summed E-state index contributed by atoms with van der Waals surface area (Å²) in [5.74, 6) is 0. The first-order chi connectivity index (χ1) is 5.64. The second kappa shape index (κ2) is 5.55. The van der Waals surface area contributed by atoms with Crippen molar-refractivity contribution in [2.75, 3.05) is 13.7 Å². The van der Waals surface area contributed by atoms with Crippen molar-refractivity contribution < 1.29 is 9.47 Å². The Morgan fingerprint density at radius 1 is 1.33 bits per heavy atom. The predicted octanol–water partition coefficient (Wildman–Crippen LogP) is 2.62. The number of methoxy groups -OCH3 is 1. The van der Waals surface area contributed by atoms with E-state index in [0.29, 0.717) is 6.10 Å². The van der Waals surface area contributed by atoms with E-state index in [4.69, 9.17) is 9.47 Å². The van der Waals surface area contributed by atoms with Crippen LogP contribution in [0.5, 0.6) is 0 Å². The molecule has 0 bridgehead atoms. The molecule has 1 aliphatic rings. The summed E-state index contributed by atoms with van der Waals surface area (Å²) in [6.45, 7) is 9.06. The predicted molar refractivity (Wildman–Crippen MR) is 51.4 cm³/mol. The van der Waals surface area contributed by atoms with Gasteiger partial charge in [0.05, 0.1) is 11.7 Å². The zero-order chi connectivity index (χ0) is 9.61. The largest absolute Gasteiger partial charge is 0.381 e.